The molecule has 0 aromatic rings. The van der Waals surface area contributed by atoms with Crippen LogP contribution in [0, 0.1) is 40.4 Å². The Hall–Kier alpha value is -0.380. The molecule has 4 rings (SSSR count). The molecule has 0 aromatic carbocycles. The van der Waals surface area contributed by atoms with Crippen molar-refractivity contribution in [3.8, 4) is 0 Å². The first-order valence-electron chi connectivity index (χ1n) is 9.94. The molecule has 0 aliphatic heterocycles. The normalized spacial score (nSPS) is 56.5. The third kappa shape index (κ3) is 2.27. The summed E-state index contributed by atoms with van der Waals surface area (Å²) in [5, 5.41) is 20.8. The molecule has 136 valence electrons. The maximum absolute atomic E-state index is 10.6. The summed E-state index contributed by atoms with van der Waals surface area (Å²) in [5.41, 5.74) is 0.306. The van der Waals surface area contributed by atoms with E-state index in [1.807, 2.05) is 13.2 Å². The van der Waals surface area contributed by atoms with E-state index < -0.39 is 0 Å². The number of rotatable bonds is 2. The SMILES string of the molecule is COCC1CC2[C@H](CCC3(C)C(O)CC[C@@H]23)C2(C)C=CC(O)CC12. The van der Waals surface area contributed by atoms with Gasteiger partial charge in [-0.1, -0.05) is 26.0 Å². The Morgan fingerprint density at radius 3 is 2.58 bits per heavy atom. The number of ether oxygens (including phenoxy) is 1. The van der Waals surface area contributed by atoms with Crippen LogP contribution in [-0.2, 0) is 4.74 Å². The second kappa shape index (κ2) is 5.82. The number of allylic oxidation sites excluding steroid dienone is 1. The van der Waals surface area contributed by atoms with Crippen molar-refractivity contribution in [3.63, 3.8) is 0 Å². The van der Waals surface area contributed by atoms with Crippen LogP contribution in [0.2, 0.25) is 0 Å². The summed E-state index contributed by atoms with van der Waals surface area (Å²) in [5.74, 6) is 3.10. The molecular formula is C21H34O3. The van der Waals surface area contributed by atoms with Crippen LogP contribution in [0.25, 0.3) is 0 Å². The Labute approximate surface area is 146 Å². The maximum Gasteiger partial charge on any atom is 0.0724 e. The van der Waals surface area contributed by atoms with Gasteiger partial charge in [0.05, 0.1) is 12.2 Å². The van der Waals surface area contributed by atoms with E-state index in [0.29, 0.717) is 29.6 Å². The molecule has 0 radical (unpaired) electrons. The van der Waals surface area contributed by atoms with Gasteiger partial charge in [0.25, 0.3) is 0 Å². The highest BCUT2D eigenvalue weighted by molar-refractivity contribution is 5.18. The van der Waals surface area contributed by atoms with Gasteiger partial charge in [0.2, 0.25) is 0 Å². The van der Waals surface area contributed by atoms with Gasteiger partial charge in [-0.15, -0.1) is 0 Å². The van der Waals surface area contributed by atoms with E-state index in [-0.39, 0.29) is 23.0 Å². The fourth-order valence-electron chi connectivity index (χ4n) is 7.41. The molecule has 0 heterocycles. The molecule has 4 aliphatic carbocycles. The first kappa shape index (κ1) is 17.1. The van der Waals surface area contributed by atoms with Crippen LogP contribution < -0.4 is 0 Å². The lowest BCUT2D eigenvalue weighted by molar-refractivity contribution is -0.129. The Balaban J connectivity index is 1.70. The molecule has 0 spiro atoms. The molecule has 4 aliphatic rings. The van der Waals surface area contributed by atoms with E-state index in [9.17, 15) is 10.2 Å². The van der Waals surface area contributed by atoms with Crippen molar-refractivity contribution in [1.29, 1.82) is 0 Å². The van der Waals surface area contributed by atoms with Crippen LogP contribution in [-0.4, -0.2) is 36.1 Å². The van der Waals surface area contributed by atoms with Gasteiger partial charge in [0.15, 0.2) is 0 Å². The number of methoxy groups -OCH3 is 1. The summed E-state index contributed by atoms with van der Waals surface area (Å²) in [6.45, 7) is 5.58. The van der Waals surface area contributed by atoms with Gasteiger partial charge in [0.1, 0.15) is 0 Å². The van der Waals surface area contributed by atoms with Gasteiger partial charge in [0, 0.05) is 13.7 Å². The number of aliphatic hydroxyl groups is 2. The highest BCUT2D eigenvalue weighted by Crippen LogP contribution is 2.66. The summed E-state index contributed by atoms with van der Waals surface area (Å²) < 4.78 is 5.59. The second-order valence-corrected chi connectivity index (χ2v) is 9.60. The topological polar surface area (TPSA) is 49.7 Å². The smallest absolute Gasteiger partial charge is 0.0724 e. The molecule has 3 saturated carbocycles. The third-order valence-corrected chi connectivity index (χ3v) is 8.68. The molecule has 2 N–H and O–H groups in total. The molecule has 24 heavy (non-hydrogen) atoms. The average molecular weight is 335 g/mol. The minimum Gasteiger partial charge on any atom is -0.393 e. The fourth-order valence-corrected chi connectivity index (χ4v) is 7.41. The van der Waals surface area contributed by atoms with E-state index in [1.165, 1.54) is 19.3 Å². The van der Waals surface area contributed by atoms with Crippen molar-refractivity contribution in [2.24, 2.45) is 40.4 Å². The average Bonchev–Trinajstić information content (AvgIpc) is 2.85. The lowest BCUT2D eigenvalue weighted by atomic mass is 9.44. The summed E-state index contributed by atoms with van der Waals surface area (Å²) in [6.07, 6.45) is 10.6. The molecule has 3 heteroatoms. The van der Waals surface area contributed by atoms with E-state index >= 15 is 0 Å². The largest absolute Gasteiger partial charge is 0.393 e. The number of aliphatic hydroxyl groups excluding tert-OH is 2. The van der Waals surface area contributed by atoms with Crippen molar-refractivity contribution >= 4 is 0 Å². The van der Waals surface area contributed by atoms with Gasteiger partial charge >= 0.3 is 0 Å². The summed E-state index contributed by atoms with van der Waals surface area (Å²) in [4.78, 5) is 0. The Morgan fingerprint density at radius 1 is 1.04 bits per heavy atom. The van der Waals surface area contributed by atoms with Crippen LogP contribution >= 0.6 is 0 Å². The lowest BCUT2D eigenvalue weighted by Crippen LogP contribution is -2.56. The second-order valence-electron chi connectivity index (χ2n) is 9.60. The van der Waals surface area contributed by atoms with E-state index in [4.69, 9.17) is 4.74 Å². The Morgan fingerprint density at radius 2 is 1.83 bits per heavy atom. The standard InChI is InChI=1S/C21H34O3/c1-20-8-6-14(22)11-18(20)13(12-24-3)10-15-16-4-5-19(23)21(16,2)9-7-17(15)20/h6,8,13-19,22-23H,4-5,7,9-12H2,1-3H3/t13?,14?,15?,16-,17-,18?,19?,20?,21?/m0/s1. The van der Waals surface area contributed by atoms with Gasteiger partial charge in [-0.3, -0.25) is 0 Å². The van der Waals surface area contributed by atoms with Crippen molar-refractivity contribution in [1.82, 2.24) is 0 Å². The molecule has 3 nitrogen and oxygen atoms in total. The van der Waals surface area contributed by atoms with E-state index in [2.05, 4.69) is 19.9 Å². The van der Waals surface area contributed by atoms with Gasteiger partial charge in [-0.2, -0.15) is 0 Å². The molecule has 7 unspecified atom stereocenters. The van der Waals surface area contributed by atoms with Gasteiger partial charge in [-0.25, -0.2) is 0 Å². The van der Waals surface area contributed by atoms with Crippen LogP contribution in [0.3, 0.4) is 0 Å². The summed E-state index contributed by atoms with van der Waals surface area (Å²) >= 11 is 0. The number of fused-ring (bicyclic) bond motifs is 5. The predicted molar refractivity (Wildman–Crippen MR) is 94.4 cm³/mol. The molecule has 0 aromatic heterocycles. The minimum atomic E-state index is -0.291. The van der Waals surface area contributed by atoms with Crippen LogP contribution in [0.4, 0.5) is 0 Å². The monoisotopic (exact) mass is 334 g/mol. The van der Waals surface area contributed by atoms with Crippen molar-refractivity contribution < 1.29 is 14.9 Å². The van der Waals surface area contributed by atoms with Gasteiger partial charge in [-0.05, 0) is 78.9 Å². The van der Waals surface area contributed by atoms with Crippen LogP contribution in [0.1, 0.15) is 52.4 Å². The van der Waals surface area contributed by atoms with Crippen molar-refractivity contribution in [2.45, 2.75) is 64.6 Å². The zero-order chi connectivity index (χ0) is 17.1. The molecule has 0 bridgehead atoms. The van der Waals surface area contributed by atoms with Crippen molar-refractivity contribution in [2.75, 3.05) is 13.7 Å². The zero-order valence-electron chi connectivity index (χ0n) is 15.4. The van der Waals surface area contributed by atoms with Crippen molar-refractivity contribution in [3.05, 3.63) is 12.2 Å². The lowest BCUT2D eigenvalue weighted by Gasteiger charge is -2.61. The van der Waals surface area contributed by atoms with Crippen LogP contribution in [0.15, 0.2) is 12.2 Å². The Kier molecular flexibility index (Phi) is 4.14. The summed E-state index contributed by atoms with van der Waals surface area (Å²) in [7, 11) is 1.81. The first-order valence-corrected chi connectivity index (χ1v) is 9.94. The van der Waals surface area contributed by atoms with E-state index in [1.54, 1.807) is 0 Å². The number of hydrogen-bond donors (Lipinski definition) is 2. The zero-order valence-corrected chi connectivity index (χ0v) is 15.4. The first-order chi connectivity index (χ1) is 11.4. The summed E-state index contributed by atoms with van der Waals surface area (Å²) in [6, 6.07) is 0. The van der Waals surface area contributed by atoms with Gasteiger partial charge < -0.3 is 14.9 Å². The fraction of sp³-hybridized carbons (Fsp3) is 0.905. The minimum absolute atomic E-state index is 0.112. The van der Waals surface area contributed by atoms with Crippen LogP contribution in [0.5, 0.6) is 0 Å². The molecule has 9 atom stereocenters. The molecule has 0 saturated heterocycles. The molecular weight excluding hydrogens is 300 g/mol. The molecule has 3 fully saturated rings. The molecule has 0 amide bonds. The predicted octanol–water partition coefficient (Wildman–Crippen LogP) is 3.40. The highest BCUT2D eigenvalue weighted by atomic mass is 16.5. The third-order valence-electron chi connectivity index (χ3n) is 8.68. The quantitative estimate of drug-likeness (QED) is 0.761. The Bertz CT molecular complexity index is 517. The maximum atomic E-state index is 10.6. The number of hydrogen-bond acceptors (Lipinski definition) is 3. The van der Waals surface area contributed by atoms with E-state index in [0.717, 1.165) is 25.9 Å². The highest BCUT2D eigenvalue weighted by Gasteiger charge is 2.61.